The highest BCUT2D eigenvalue weighted by atomic mass is 16.5. The van der Waals surface area contributed by atoms with E-state index in [4.69, 9.17) is 4.74 Å². The minimum absolute atomic E-state index is 0.0232. The third-order valence-corrected chi connectivity index (χ3v) is 5.89. The molecule has 0 fully saturated rings. The van der Waals surface area contributed by atoms with E-state index in [1.54, 1.807) is 4.68 Å². The summed E-state index contributed by atoms with van der Waals surface area (Å²) in [6, 6.07) is 18.8. The molecule has 4 rings (SSSR count). The van der Waals surface area contributed by atoms with Gasteiger partial charge in [-0.2, -0.15) is 0 Å². The van der Waals surface area contributed by atoms with Gasteiger partial charge in [0.15, 0.2) is 0 Å². The molecule has 0 saturated heterocycles. The summed E-state index contributed by atoms with van der Waals surface area (Å²) >= 11 is 0. The Morgan fingerprint density at radius 3 is 2.58 bits per heavy atom. The van der Waals surface area contributed by atoms with Crippen LogP contribution in [0.3, 0.4) is 0 Å². The van der Waals surface area contributed by atoms with Gasteiger partial charge in [-0.05, 0) is 35.4 Å². The van der Waals surface area contributed by atoms with Gasteiger partial charge >= 0.3 is 0 Å². The number of hydrogen-bond acceptors (Lipinski definition) is 4. The first-order chi connectivity index (χ1) is 15.1. The quantitative estimate of drug-likeness (QED) is 0.698. The number of fused-ring (bicyclic) bond motifs is 2. The van der Waals surface area contributed by atoms with Crippen LogP contribution in [-0.2, 0) is 29.1 Å². The number of hydrogen-bond donors (Lipinski definition) is 1. The second-order valence-electron chi connectivity index (χ2n) is 8.60. The van der Waals surface area contributed by atoms with Gasteiger partial charge in [0, 0.05) is 12.5 Å². The molecule has 0 aliphatic carbocycles. The second-order valence-corrected chi connectivity index (χ2v) is 8.60. The molecule has 1 N–H and O–H groups in total. The smallest absolute Gasteiger partial charge is 0.223 e. The van der Waals surface area contributed by atoms with Gasteiger partial charge in [0.1, 0.15) is 5.69 Å². The first-order valence-electron chi connectivity index (χ1n) is 11.0. The number of rotatable bonds is 4. The molecule has 6 heteroatoms. The van der Waals surface area contributed by atoms with Gasteiger partial charge in [0.05, 0.1) is 25.5 Å². The Morgan fingerprint density at radius 2 is 1.84 bits per heavy atom. The Balaban J connectivity index is 1.51. The third-order valence-electron chi connectivity index (χ3n) is 5.89. The van der Waals surface area contributed by atoms with E-state index in [0.717, 1.165) is 11.3 Å². The molecule has 1 aromatic heterocycles. The number of amides is 1. The van der Waals surface area contributed by atoms with E-state index in [2.05, 4.69) is 65.9 Å². The Hall–Kier alpha value is -2.99. The number of nitrogens with zero attached hydrogens (tertiary/aromatic N) is 3. The molecule has 0 unspecified atom stereocenters. The zero-order chi connectivity index (χ0) is 21.6. The monoisotopic (exact) mass is 418 g/mol. The van der Waals surface area contributed by atoms with E-state index in [1.165, 1.54) is 11.1 Å². The van der Waals surface area contributed by atoms with Gasteiger partial charge in [-0.3, -0.25) is 9.48 Å². The topological polar surface area (TPSA) is 69.0 Å². The van der Waals surface area contributed by atoms with Crippen LogP contribution in [0.5, 0.6) is 0 Å². The maximum Gasteiger partial charge on any atom is 0.223 e. The molecule has 0 spiro atoms. The van der Waals surface area contributed by atoms with E-state index in [-0.39, 0.29) is 23.8 Å². The van der Waals surface area contributed by atoms with Crippen molar-refractivity contribution in [3.63, 3.8) is 0 Å². The number of benzene rings is 2. The van der Waals surface area contributed by atoms with Gasteiger partial charge in [-0.25, -0.2) is 0 Å². The average molecular weight is 419 g/mol. The largest absolute Gasteiger partial charge is 0.373 e. The number of carbonyl (C=O) groups excluding carboxylic acids is 1. The van der Waals surface area contributed by atoms with Gasteiger partial charge in [-0.1, -0.05) is 73.7 Å². The molecule has 6 nitrogen and oxygen atoms in total. The van der Waals surface area contributed by atoms with Crippen LogP contribution in [0.1, 0.15) is 31.5 Å². The Kier molecular flexibility index (Phi) is 6.77. The molecule has 1 aliphatic rings. The summed E-state index contributed by atoms with van der Waals surface area (Å²) in [5, 5.41) is 11.6. The predicted octanol–water partition coefficient (Wildman–Crippen LogP) is 3.87. The van der Waals surface area contributed by atoms with Crippen molar-refractivity contribution in [1.82, 2.24) is 20.3 Å². The Bertz CT molecular complexity index is 982. The average Bonchev–Trinajstić information content (AvgIpc) is 3.24. The first-order valence-corrected chi connectivity index (χ1v) is 11.0. The molecule has 1 aliphatic heterocycles. The Labute approximate surface area is 183 Å². The van der Waals surface area contributed by atoms with Crippen molar-refractivity contribution in [3.05, 3.63) is 72.1 Å². The lowest BCUT2D eigenvalue weighted by atomic mass is 9.93. The molecule has 2 aromatic carbocycles. The molecule has 31 heavy (non-hydrogen) atoms. The molecular weight excluding hydrogens is 388 g/mol. The molecular formula is C25H30N4O2. The fourth-order valence-corrected chi connectivity index (χ4v) is 3.87. The molecule has 0 radical (unpaired) electrons. The van der Waals surface area contributed by atoms with Crippen LogP contribution in [0, 0.1) is 11.8 Å². The molecule has 162 valence electrons. The van der Waals surface area contributed by atoms with Crippen LogP contribution >= 0.6 is 0 Å². The highest BCUT2D eigenvalue weighted by Crippen LogP contribution is 2.22. The van der Waals surface area contributed by atoms with E-state index in [1.807, 2.05) is 24.4 Å². The van der Waals surface area contributed by atoms with Crippen LogP contribution in [0.25, 0.3) is 11.1 Å². The summed E-state index contributed by atoms with van der Waals surface area (Å²) in [6.07, 6.45) is 3.31. The summed E-state index contributed by atoms with van der Waals surface area (Å²) < 4.78 is 7.61. The van der Waals surface area contributed by atoms with Crippen LogP contribution < -0.4 is 5.32 Å². The summed E-state index contributed by atoms with van der Waals surface area (Å²) in [5.74, 6) is 0.222. The van der Waals surface area contributed by atoms with Crippen molar-refractivity contribution in [2.24, 2.45) is 11.8 Å². The minimum atomic E-state index is -0.143. The first kappa shape index (κ1) is 21.2. The van der Waals surface area contributed by atoms with Gasteiger partial charge < -0.3 is 10.1 Å². The second kappa shape index (κ2) is 9.88. The third kappa shape index (κ3) is 5.58. The van der Waals surface area contributed by atoms with Crippen molar-refractivity contribution in [3.8, 4) is 11.1 Å². The summed E-state index contributed by atoms with van der Waals surface area (Å²) in [6.45, 7) is 5.74. The maximum atomic E-state index is 13.2. The van der Waals surface area contributed by atoms with Crippen LogP contribution in [0.15, 0.2) is 60.8 Å². The Morgan fingerprint density at radius 1 is 1.10 bits per heavy atom. The van der Waals surface area contributed by atoms with Crippen LogP contribution in [0.2, 0.25) is 0 Å². The number of carbonyl (C=O) groups is 1. The fourth-order valence-electron chi connectivity index (χ4n) is 3.87. The molecule has 0 saturated carbocycles. The maximum absolute atomic E-state index is 13.2. The van der Waals surface area contributed by atoms with E-state index in [0.29, 0.717) is 32.6 Å². The highest BCUT2D eigenvalue weighted by Gasteiger charge is 2.24. The van der Waals surface area contributed by atoms with Crippen molar-refractivity contribution in [2.45, 2.75) is 45.9 Å². The van der Waals surface area contributed by atoms with Gasteiger partial charge in [0.25, 0.3) is 0 Å². The van der Waals surface area contributed by atoms with E-state index in [9.17, 15) is 4.79 Å². The minimum Gasteiger partial charge on any atom is -0.373 e. The van der Waals surface area contributed by atoms with Crippen molar-refractivity contribution >= 4 is 5.91 Å². The number of aryl methyl sites for hydroxylation is 1. The number of ether oxygens (including phenoxy) is 1. The predicted molar refractivity (Wildman–Crippen MR) is 120 cm³/mol. The van der Waals surface area contributed by atoms with Crippen LogP contribution in [0.4, 0.5) is 0 Å². The standard InChI is InChI=1S/C25H30N4O2/c1-18(2)24-17-31-16-23-15-29(28-27-23)13-12-22(25(30)26-24)14-19-8-10-21(11-9-19)20-6-4-3-5-7-20/h3-11,15,18,22,24H,12-14,16-17H2,1-2H3,(H,26,30)/t22-,24-/m1/s1. The molecule has 2 atom stereocenters. The summed E-state index contributed by atoms with van der Waals surface area (Å²) in [5.41, 5.74) is 4.35. The normalized spacial score (nSPS) is 20.0. The van der Waals surface area contributed by atoms with E-state index >= 15 is 0 Å². The molecule has 2 heterocycles. The molecule has 1 amide bonds. The van der Waals surface area contributed by atoms with Crippen molar-refractivity contribution in [1.29, 1.82) is 0 Å². The van der Waals surface area contributed by atoms with Gasteiger partial charge in [0.2, 0.25) is 5.91 Å². The molecule has 3 aromatic rings. The lowest BCUT2D eigenvalue weighted by Crippen LogP contribution is -2.45. The lowest BCUT2D eigenvalue weighted by molar-refractivity contribution is -0.127. The highest BCUT2D eigenvalue weighted by molar-refractivity contribution is 5.79. The van der Waals surface area contributed by atoms with Gasteiger partial charge in [-0.15, -0.1) is 5.10 Å². The number of nitrogens with one attached hydrogen (secondary N) is 1. The summed E-state index contributed by atoms with van der Waals surface area (Å²) in [4.78, 5) is 13.2. The zero-order valence-corrected chi connectivity index (χ0v) is 18.2. The SMILES string of the molecule is CC(C)[C@H]1COCc2cn(nn2)CC[C@H](Cc2ccc(-c3ccccc3)cc2)C(=O)N1. The fraction of sp³-hybridized carbons (Fsp3) is 0.400. The van der Waals surface area contributed by atoms with Crippen molar-refractivity contribution in [2.75, 3.05) is 6.61 Å². The van der Waals surface area contributed by atoms with E-state index < -0.39 is 0 Å². The van der Waals surface area contributed by atoms with Crippen molar-refractivity contribution < 1.29 is 9.53 Å². The zero-order valence-electron chi connectivity index (χ0n) is 18.2. The number of aromatic nitrogens is 3. The van der Waals surface area contributed by atoms with Crippen LogP contribution in [-0.4, -0.2) is 33.5 Å². The lowest BCUT2D eigenvalue weighted by Gasteiger charge is -2.26. The summed E-state index contributed by atoms with van der Waals surface area (Å²) in [7, 11) is 0. The molecule has 2 bridgehead atoms.